The first-order chi connectivity index (χ1) is 8.70. The fourth-order valence-electron chi connectivity index (χ4n) is 3.94. The van der Waals surface area contributed by atoms with E-state index in [1.807, 2.05) is 0 Å². The smallest absolute Gasteiger partial charge is 0.305 e. The highest BCUT2D eigenvalue weighted by Gasteiger charge is 2.46. The topological polar surface area (TPSA) is 52.6 Å². The second-order valence-electron chi connectivity index (χ2n) is 6.42. The van der Waals surface area contributed by atoms with E-state index in [2.05, 4.69) is 10.2 Å². The van der Waals surface area contributed by atoms with E-state index in [1.54, 1.807) is 0 Å². The Kier molecular flexibility index (Phi) is 4.75. The molecule has 3 aliphatic rings. The summed E-state index contributed by atoms with van der Waals surface area (Å²) in [5.41, 5.74) is 0.0156. The third-order valence-corrected chi connectivity index (χ3v) is 5.37. The number of carboxylic acid groups (broad SMARTS) is 1. The molecule has 2 N–H and O–H groups in total. The summed E-state index contributed by atoms with van der Waals surface area (Å²) in [5.74, 6) is 1.02. The van der Waals surface area contributed by atoms with Crippen LogP contribution in [0.3, 0.4) is 0 Å². The average molecular weight is 289 g/mol. The highest BCUT2D eigenvalue weighted by Crippen LogP contribution is 2.43. The number of carboxylic acids is 1. The molecule has 0 aromatic carbocycles. The molecule has 0 aromatic heterocycles. The van der Waals surface area contributed by atoms with Crippen molar-refractivity contribution in [2.75, 3.05) is 26.2 Å². The van der Waals surface area contributed by atoms with Crippen molar-refractivity contribution in [3.63, 3.8) is 0 Å². The Balaban J connectivity index is 0.00000133. The zero-order valence-electron chi connectivity index (χ0n) is 11.4. The fraction of sp³-hybridized carbons (Fsp3) is 0.929. The molecule has 110 valence electrons. The number of hydrogen-bond acceptors (Lipinski definition) is 3. The summed E-state index contributed by atoms with van der Waals surface area (Å²) in [4.78, 5) is 13.6. The lowest BCUT2D eigenvalue weighted by Crippen LogP contribution is -2.60. The number of piperidine rings is 1. The van der Waals surface area contributed by atoms with Gasteiger partial charge in [-0.1, -0.05) is 0 Å². The van der Waals surface area contributed by atoms with Crippen LogP contribution in [-0.2, 0) is 4.79 Å². The van der Waals surface area contributed by atoms with Gasteiger partial charge in [0, 0.05) is 12.1 Å². The van der Waals surface area contributed by atoms with Crippen LogP contribution in [-0.4, -0.2) is 47.7 Å². The molecule has 0 bridgehead atoms. The monoisotopic (exact) mass is 288 g/mol. The van der Waals surface area contributed by atoms with E-state index in [4.69, 9.17) is 5.11 Å². The van der Waals surface area contributed by atoms with Crippen molar-refractivity contribution in [2.24, 2.45) is 11.8 Å². The van der Waals surface area contributed by atoms with E-state index in [-0.39, 0.29) is 17.9 Å². The molecule has 1 saturated carbocycles. The molecular weight excluding hydrogens is 264 g/mol. The number of nitrogens with zero attached hydrogens (tertiary/aromatic N) is 1. The van der Waals surface area contributed by atoms with E-state index in [0.717, 1.165) is 37.8 Å². The minimum atomic E-state index is -0.623. The van der Waals surface area contributed by atoms with Gasteiger partial charge in [-0.25, -0.2) is 0 Å². The summed E-state index contributed by atoms with van der Waals surface area (Å²) in [7, 11) is 0. The van der Waals surface area contributed by atoms with Crippen LogP contribution in [0.5, 0.6) is 0 Å². The second-order valence-corrected chi connectivity index (χ2v) is 6.42. The third kappa shape index (κ3) is 2.91. The van der Waals surface area contributed by atoms with Crippen LogP contribution in [0.1, 0.15) is 38.5 Å². The Morgan fingerprint density at radius 1 is 1.26 bits per heavy atom. The van der Waals surface area contributed by atoms with E-state index >= 15 is 0 Å². The second kappa shape index (κ2) is 5.98. The van der Waals surface area contributed by atoms with Gasteiger partial charge in [-0.3, -0.25) is 9.69 Å². The van der Waals surface area contributed by atoms with Gasteiger partial charge in [0.25, 0.3) is 0 Å². The Hall–Kier alpha value is -0.320. The lowest BCUT2D eigenvalue weighted by Gasteiger charge is -2.54. The average Bonchev–Trinajstić information content (AvgIpc) is 2.21. The van der Waals surface area contributed by atoms with Crippen molar-refractivity contribution in [1.82, 2.24) is 10.2 Å². The van der Waals surface area contributed by atoms with Gasteiger partial charge >= 0.3 is 5.97 Å². The summed E-state index contributed by atoms with van der Waals surface area (Å²) in [6, 6.07) is 0. The Bertz CT molecular complexity index is 329. The molecular formula is C14H25ClN2O2. The molecule has 2 saturated heterocycles. The van der Waals surface area contributed by atoms with Crippen molar-refractivity contribution in [3.8, 4) is 0 Å². The number of halogens is 1. The van der Waals surface area contributed by atoms with Gasteiger partial charge < -0.3 is 10.4 Å². The first-order valence-corrected chi connectivity index (χ1v) is 7.37. The predicted octanol–water partition coefficient (Wildman–Crippen LogP) is 1.74. The van der Waals surface area contributed by atoms with Crippen molar-refractivity contribution in [1.29, 1.82) is 0 Å². The summed E-state index contributed by atoms with van der Waals surface area (Å²) in [6.45, 7) is 4.60. The van der Waals surface area contributed by atoms with Gasteiger partial charge in [-0.05, 0) is 63.6 Å². The Morgan fingerprint density at radius 3 is 2.47 bits per heavy atom. The molecule has 3 fully saturated rings. The van der Waals surface area contributed by atoms with E-state index in [9.17, 15) is 4.79 Å². The zero-order valence-corrected chi connectivity index (χ0v) is 12.3. The lowest BCUT2D eigenvalue weighted by atomic mass is 9.70. The quantitative estimate of drug-likeness (QED) is 0.827. The highest BCUT2D eigenvalue weighted by atomic mass is 35.5. The van der Waals surface area contributed by atoms with Gasteiger partial charge in [-0.2, -0.15) is 0 Å². The molecule has 19 heavy (non-hydrogen) atoms. The Morgan fingerprint density at radius 2 is 2.00 bits per heavy atom. The molecule has 1 aliphatic carbocycles. The number of nitrogens with one attached hydrogen (secondary N) is 1. The van der Waals surface area contributed by atoms with Crippen LogP contribution in [0.4, 0.5) is 0 Å². The summed E-state index contributed by atoms with van der Waals surface area (Å²) < 4.78 is 0. The van der Waals surface area contributed by atoms with E-state index < -0.39 is 5.97 Å². The molecule has 2 heterocycles. The normalized spacial score (nSPS) is 30.8. The van der Waals surface area contributed by atoms with E-state index in [1.165, 1.54) is 32.4 Å². The molecule has 0 radical (unpaired) electrons. The molecule has 0 spiro atoms. The van der Waals surface area contributed by atoms with E-state index in [0.29, 0.717) is 6.42 Å². The van der Waals surface area contributed by atoms with Crippen LogP contribution in [0.2, 0.25) is 0 Å². The zero-order chi connectivity index (χ0) is 12.6. The third-order valence-electron chi connectivity index (χ3n) is 5.37. The molecule has 4 nitrogen and oxygen atoms in total. The molecule has 2 aliphatic heterocycles. The fourth-order valence-corrected chi connectivity index (χ4v) is 3.94. The highest BCUT2D eigenvalue weighted by molar-refractivity contribution is 5.85. The number of aliphatic carboxylic acids is 1. The first-order valence-electron chi connectivity index (χ1n) is 7.37. The first kappa shape index (κ1) is 15.1. The van der Waals surface area contributed by atoms with Crippen molar-refractivity contribution >= 4 is 18.4 Å². The maximum Gasteiger partial charge on any atom is 0.305 e. The number of rotatable bonds is 4. The van der Waals surface area contributed by atoms with Crippen molar-refractivity contribution < 1.29 is 9.90 Å². The van der Waals surface area contributed by atoms with Gasteiger partial charge in [0.15, 0.2) is 0 Å². The minimum Gasteiger partial charge on any atom is -0.481 e. The SMILES string of the molecule is Cl.O=C(O)CC1(N2CCCC(C3CNC3)C2)CCC1. The van der Waals surface area contributed by atoms with Gasteiger partial charge in [0.1, 0.15) is 0 Å². The number of carbonyl (C=O) groups is 1. The Labute approximate surface area is 121 Å². The number of likely N-dealkylation sites (tertiary alicyclic amines) is 1. The summed E-state index contributed by atoms with van der Waals surface area (Å²) >= 11 is 0. The van der Waals surface area contributed by atoms with Crippen LogP contribution in [0.25, 0.3) is 0 Å². The summed E-state index contributed by atoms with van der Waals surface area (Å²) in [6.07, 6.45) is 6.33. The molecule has 5 heteroatoms. The maximum absolute atomic E-state index is 11.1. The number of hydrogen-bond donors (Lipinski definition) is 2. The predicted molar refractivity (Wildman–Crippen MR) is 76.7 cm³/mol. The van der Waals surface area contributed by atoms with Crippen LogP contribution in [0, 0.1) is 11.8 Å². The van der Waals surface area contributed by atoms with Crippen molar-refractivity contribution in [2.45, 2.75) is 44.1 Å². The molecule has 0 aromatic rings. The van der Waals surface area contributed by atoms with Crippen LogP contribution < -0.4 is 5.32 Å². The molecule has 0 amide bonds. The standard InChI is InChI=1S/C14H24N2O2.ClH/c17-13(18)7-14(4-2-5-14)16-6-1-3-11(10-16)12-8-15-9-12;/h11-12,15H,1-10H2,(H,17,18);1H. The molecule has 3 rings (SSSR count). The van der Waals surface area contributed by atoms with Gasteiger partial charge in [0.05, 0.1) is 6.42 Å². The van der Waals surface area contributed by atoms with Gasteiger partial charge in [-0.15, -0.1) is 12.4 Å². The van der Waals surface area contributed by atoms with Gasteiger partial charge in [0.2, 0.25) is 0 Å². The molecule has 1 unspecified atom stereocenters. The minimum absolute atomic E-state index is 0. The lowest BCUT2D eigenvalue weighted by molar-refractivity contribution is -0.144. The largest absolute Gasteiger partial charge is 0.481 e. The maximum atomic E-state index is 11.1. The van der Waals surface area contributed by atoms with Crippen LogP contribution >= 0.6 is 12.4 Å². The molecule has 1 atom stereocenters. The van der Waals surface area contributed by atoms with Crippen LogP contribution in [0.15, 0.2) is 0 Å². The van der Waals surface area contributed by atoms with Crippen molar-refractivity contribution in [3.05, 3.63) is 0 Å². The summed E-state index contributed by atoms with van der Waals surface area (Å²) in [5, 5.41) is 12.5.